The van der Waals surface area contributed by atoms with Crippen LogP contribution in [0.5, 0.6) is 0 Å². The van der Waals surface area contributed by atoms with Crippen molar-refractivity contribution >= 4 is 11.9 Å². The van der Waals surface area contributed by atoms with Crippen molar-refractivity contribution in [3.05, 3.63) is 29.9 Å². The first-order valence-electron chi connectivity index (χ1n) is 8.34. The van der Waals surface area contributed by atoms with E-state index in [0.29, 0.717) is 30.3 Å². The van der Waals surface area contributed by atoms with Crippen LogP contribution in [0.1, 0.15) is 39.5 Å². The maximum Gasteiger partial charge on any atom is 0.312 e. The van der Waals surface area contributed by atoms with Crippen LogP contribution in [0.15, 0.2) is 29.9 Å². The van der Waals surface area contributed by atoms with Crippen LogP contribution in [0.3, 0.4) is 0 Å². The number of ether oxygens (including phenoxy) is 1. The van der Waals surface area contributed by atoms with Gasteiger partial charge < -0.3 is 4.74 Å². The number of carbonyl (C=O) groups excluding carboxylic acids is 2. The zero-order valence-electron chi connectivity index (χ0n) is 13.4. The summed E-state index contributed by atoms with van der Waals surface area (Å²) in [5.74, 6) is 4.19. The number of rotatable bonds is 2. The Morgan fingerprint density at radius 3 is 2.45 bits per heavy atom. The molecule has 4 rings (SSSR count). The predicted octanol–water partition coefficient (Wildman–Crippen LogP) is 3.49. The molecule has 5 unspecified atom stereocenters. The Balaban J connectivity index is 0.000000139. The molecular weight excluding hydrogens is 276 g/mol. The first-order valence-corrected chi connectivity index (χ1v) is 8.34. The highest BCUT2D eigenvalue weighted by Gasteiger charge is 2.50. The molecule has 4 aliphatic carbocycles. The molecule has 0 aromatic carbocycles. The van der Waals surface area contributed by atoms with Crippen LogP contribution < -0.4 is 0 Å². The molecule has 0 amide bonds. The fraction of sp³-hybridized carbons (Fsp3) is 0.632. The van der Waals surface area contributed by atoms with E-state index in [-0.39, 0.29) is 11.4 Å². The van der Waals surface area contributed by atoms with Crippen LogP contribution in [0.2, 0.25) is 0 Å². The molecule has 118 valence electrons. The third-order valence-corrected chi connectivity index (χ3v) is 5.65. The van der Waals surface area contributed by atoms with Gasteiger partial charge in [-0.2, -0.15) is 0 Å². The maximum absolute atomic E-state index is 11.7. The lowest BCUT2D eigenvalue weighted by molar-refractivity contribution is -0.155. The Labute approximate surface area is 132 Å². The molecular formula is C19H24O3. The van der Waals surface area contributed by atoms with E-state index in [2.05, 4.69) is 24.3 Å². The van der Waals surface area contributed by atoms with E-state index in [4.69, 9.17) is 4.74 Å². The van der Waals surface area contributed by atoms with E-state index in [1.807, 2.05) is 19.8 Å². The topological polar surface area (TPSA) is 43.4 Å². The number of hydrogen-bond donors (Lipinski definition) is 0. The summed E-state index contributed by atoms with van der Waals surface area (Å²) < 4.78 is 5.11. The molecule has 4 bridgehead atoms. The SMILES string of the molecule is CCOC(=O)C1(C)CC2C=CC1C2.O=C=C1CC2C=CC1C2. The average Bonchev–Trinajstić information content (AvgIpc) is 3.28. The molecule has 22 heavy (non-hydrogen) atoms. The first kappa shape index (κ1) is 15.3. The van der Waals surface area contributed by atoms with Gasteiger partial charge in [0.15, 0.2) is 0 Å². The van der Waals surface area contributed by atoms with Crippen LogP contribution in [-0.2, 0) is 14.3 Å². The fourth-order valence-electron chi connectivity index (χ4n) is 4.36. The molecule has 3 nitrogen and oxygen atoms in total. The van der Waals surface area contributed by atoms with Crippen molar-refractivity contribution in [1.82, 2.24) is 0 Å². The molecule has 0 N–H and O–H groups in total. The van der Waals surface area contributed by atoms with Gasteiger partial charge in [-0.05, 0) is 57.3 Å². The number of esters is 1. The molecule has 2 fully saturated rings. The molecule has 0 aromatic rings. The van der Waals surface area contributed by atoms with Gasteiger partial charge in [-0.15, -0.1) is 0 Å². The van der Waals surface area contributed by atoms with Crippen LogP contribution >= 0.6 is 0 Å². The molecule has 0 heterocycles. The second kappa shape index (κ2) is 5.89. The molecule has 2 saturated carbocycles. The Morgan fingerprint density at radius 1 is 1.27 bits per heavy atom. The minimum absolute atomic E-state index is 0.00755. The average molecular weight is 300 g/mol. The predicted molar refractivity (Wildman–Crippen MR) is 84.7 cm³/mol. The number of allylic oxidation sites excluding steroid dienone is 5. The van der Waals surface area contributed by atoms with Gasteiger partial charge in [0.05, 0.1) is 12.0 Å². The Bertz CT molecular complexity index is 567. The van der Waals surface area contributed by atoms with Crippen LogP contribution in [0.25, 0.3) is 0 Å². The Morgan fingerprint density at radius 2 is 2.05 bits per heavy atom. The summed E-state index contributed by atoms with van der Waals surface area (Å²) in [5.41, 5.74) is 0.762. The van der Waals surface area contributed by atoms with E-state index in [9.17, 15) is 9.59 Å². The summed E-state index contributed by atoms with van der Waals surface area (Å²) in [6, 6.07) is 0. The van der Waals surface area contributed by atoms with Gasteiger partial charge in [-0.1, -0.05) is 24.3 Å². The number of hydrogen-bond acceptors (Lipinski definition) is 3. The smallest absolute Gasteiger partial charge is 0.312 e. The summed E-state index contributed by atoms with van der Waals surface area (Å²) >= 11 is 0. The van der Waals surface area contributed by atoms with Crippen LogP contribution in [0.4, 0.5) is 0 Å². The van der Waals surface area contributed by atoms with Gasteiger partial charge in [0, 0.05) is 11.5 Å². The van der Waals surface area contributed by atoms with E-state index in [1.54, 1.807) is 0 Å². The van der Waals surface area contributed by atoms with Crippen molar-refractivity contribution in [2.45, 2.75) is 39.5 Å². The minimum atomic E-state index is -0.227. The van der Waals surface area contributed by atoms with Gasteiger partial charge in [0.2, 0.25) is 0 Å². The summed E-state index contributed by atoms with van der Waals surface area (Å²) in [4.78, 5) is 21.9. The fourth-order valence-corrected chi connectivity index (χ4v) is 4.36. The lowest BCUT2D eigenvalue weighted by Crippen LogP contribution is -2.33. The third-order valence-electron chi connectivity index (χ3n) is 5.65. The highest BCUT2D eigenvalue weighted by molar-refractivity contribution is 5.78. The largest absolute Gasteiger partial charge is 0.466 e. The summed E-state index contributed by atoms with van der Waals surface area (Å²) in [5, 5.41) is 0. The molecule has 0 aromatic heterocycles. The monoisotopic (exact) mass is 300 g/mol. The summed E-state index contributed by atoms with van der Waals surface area (Å²) in [6.45, 7) is 4.40. The van der Waals surface area contributed by atoms with Crippen molar-refractivity contribution in [2.75, 3.05) is 6.61 Å². The molecule has 0 aliphatic heterocycles. The van der Waals surface area contributed by atoms with E-state index < -0.39 is 0 Å². The lowest BCUT2D eigenvalue weighted by Gasteiger charge is -2.28. The normalized spacial score (nSPS) is 39.6. The lowest BCUT2D eigenvalue weighted by atomic mass is 9.78. The second-order valence-electron chi connectivity index (χ2n) is 7.15. The quantitative estimate of drug-likeness (QED) is 0.445. The van der Waals surface area contributed by atoms with Gasteiger partial charge in [-0.3, -0.25) is 4.79 Å². The number of carbonyl (C=O) groups is 1. The first-order chi connectivity index (χ1) is 10.6. The van der Waals surface area contributed by atoms with Gasteiger partial charge in [0.1, 0.15) is 5.94 Å². The highest BCUT2D eigenvalue weighted by atomic mass is 16.5. The number of fused-ring (bicyclic) bond motifs is 4. The third kappa shape index (κ3) is 2.59. The van der Waals surface area contributed by atoms with Crippen molar-refractivity contribution in [1.29, 1.82) is 0 Å². The van der Waals surface area contributed by atoms with Crippen molar-refractivity contribution in [3.8, 4) is 0 Å². The summed E-state index contributed by atoms with van der Waals surface area (Å²) in [7, 11) is 0. The minimum Gasteiger partial charge on any atom is -0.466 e. The van der Waals surface area contributed by atoms with Crippen LogP contribution in [-0.4, -0.2) is 18.5 Å². The Kier molecular flexibility index (Phi) is 4.10. The van der Waals surface area contributed by atoms with E-state index >= 15 is 0 Å². The molecule has 4 aliphatic rings. The second-order valence-corrected chi connectivity index (χ2v) is 7.15. The van der Waals surface area contributed by atoms with Gasteiger partial charge in [-0.25, -0.2) is 4.79 Å². The summed E-state index contributed by atoms with van der Waals surface area (Å²) in [6.07, 6.45) is 13.0. The molecule has 0 saturated heterocycles. The highest BCUT2D eigenvalue weighted by Crippen LogP contribution is 2.52. The molecule has 0 radical (unpaired) electrons. The van der Waals surface area contributed by atoms with Gasteiger partial charge >= 0.3 is 5.97 Å². The molecule has 0 spiro atoms. The van der Waals surface area contributed by atoms with Gasteiger partial charge in [0.25, 0.3) is 0 Å². The van der Waals surface area contributed by atoms with E-state index in [0.717, 1.165) is 24.8 Å². The van der Waals surface area contributed by atoms with Crippen molar-refractivity contribution < 1.29 is 14.3 Å². The zero-order chi connectivity index (χ0) is 15.7. The van der Waals surface area contributed by atoms with Crippen molar-refractivity contribution in [2.24, 2.45) is 29.1 Å². The van der Waals surface area contributed by atoms with E-state index in [1.165, 1.54) is 6.42 Å². The van der Waals surface area contributed by atoms with Crippen molar-refractivity contribution in [3.63, 3.8) is 0 Å². The molecule has 3 heteroatoms. The maximum atomic E-state index is 11.7. The molecule has 5 atom stereocenters. The zero-order valence-corrected chi connectivity index (χ0v) is 13.4. The Hall–Kier alpha value is -1.60. The standard InChI is InChI=1S/C11H16O2.C8H8O/c1-3-13-10(12)11(2)7-8-4-5-9(11)6-8;9-5-8-4-6-1-2-7(8)3-6/h4-5,8-9H,3,6-7H2,1-2H3;1-2,6-7H,3-4H2. The van der Waals surface area contributed by atoms with Crippen LogP contribution in [0, 0.1) is 29.1 Å².